The molecule has 0 aliphatic heterocycles. The smallest absolute Gasteiger partial charge is 0.143 e. The van der Waals surface area contributed by atoms with Crippen LogP contribution >= 0.6 is 38.5 Å². The minimum absolute atomic E-state index is 0.238. The van der Waals surface area contributed by atoms with Crippen molar-refractivity contribution in [3.05, 3.63) is 38.4 Å². The predicted molar refractivity (Wildman–Crippen MR) is 71.5 cm³/mol. The zero-order chi connectivity index (χ0) is 11.5. The maximum absolute atomic E-state index is 9.56. The van der Waals surface area contributed by atoms with E-state index in [2.05, 4.69) is 53.8 Å². The highest BCUT2D eigenvalue weighted by molar-refractivity contribution is 14.1. The molecule has 16 heavy (non-hydrogen) atoms. The molecular weight excluding hydrogens is 387 g/mol. The van der Waals surface area contributed by atoms with Crippen molar-refractivity contribution in [2.24, 2.45) is 5.10 Å². The summed E-state index contributed by atoms with van der Waals surface area (Å²) in [5, 5.41) is 20.9. The van der Waals surface area contributed by atoms with Gasteiger partial charge in [0.2, 0.25) is 0 Å². The van der Waals surface area contributed by atoms with E-state index in [9.17, 15) is 5.11 Å². The number of hydrogen-bond donors (Lipinski definition) is 1. The van der Waals surface area contributed by atoms with Gasteiger partial charge in [0.05, 0.1) is 14.3 Å². The molecule has 7 heteroatoms. The Bertz CT molecular complexity index is 503. The lowest BCUT2D eigenvalue weighted by atomic mass is 10.2. The SMILES string of the molecule is Oc1c(Br)cc(/C=N\n2cnnc2)cc1I. The van der Waals surface area contributed by atoms with Gasteiger partial charge in [-0.1, -0.05) is 0 Å². The van der Waals surface area contributed by atoms with E-state index < -0.39 is 0 Å². The van der Waals surface area contributed by atoms with Crippen LogP contribution in [0, 0.1) is 3.57 Å². The summed E-state index contributed by atoms with van der Waals surface area (Å²) < 4.78 is 2.90. The van der Waals surface area contributed by atoms with Crippen molar-refractivity contribution in [3.63, 3.8) is 0 Å². The van der Waals surface area contributed by atoms with Gasteiger partial charge in [-0.15, -0.1) is 10.2 Å². The van der Waals surface area contributed by atoms with Crippen LogP contribution in [0.25, 0.3) is 0 Å². The normalized spacial score (nSPS) is 11.1. The maximum atomic E-state index is 9.56. The summed E-state index contributed by atoms with van der Waals surface area (Å²) in [6.07, 6.45) is 4.66. The first kappa shape index (κ1) is 11.5. The zero-order valence-corrected chi connectivity index (χ0v) is 11.6. The van der Waals surface area contributed by atoms with Crippen LogP contribution in [0.2, 0.25) is 0 Å². The van der Waals surface area contributed by atoms with Crippen LogP contribution in [0.5, 0.6) is 5.75 Å². The van der Waals surface area contributed by atoms with E-state index in [-0.39, 0.29) is 5.75 Å². The molecule has 2 aromatic rings. The van der Waals surface area contributed by atoms with E-state index in [1.54, 1.807) is 12.3 Å². The van der Waals surface area contributed by atoms with Crippen molar-refractivity contribution in [3.8, 4) is 5.75 Å². The molecule has 82 valence electrons. The number of aromatic hydroxyl groups is 1. The van der Waals surface area contributed by atoms with Crippen molar-refractivity contribution in [1.29, 1.82) is 0 Å². The summed E-state index contributed by atoms with van der Waals surface area (Å²) in [6, 6.07) is 3.61. The molecule has 0 saturated heterocycles. The fraction of sp³-hybridized carbons (Fsp3) is 0. The topological polar surface area (TPSA) is 63.3 Å². The van der Waals surface area contributed by atoms with Crippen LogP contribution in [0.3, 0.4) is 0 Å². The van der Waals surface area contributed by atoms with Crippen LogP contribution in [-0.4, -0.2) is 26.2 Å². The van der Waals surface area contributed by atoms with Crippen molar-refractivity contribution in [2.75, 3.05) is 0 Å². The maximum Gasteiger partial charge on any atom is 0.143 e. The summed E-state index contributed by atoms with van der Waals surface area (Å²) in [5.41, 5.74) is 0.878. The monoisotopic (exact) mass is 392 g/mol. The third-order valence-electron chi connectivity index (χ3n) is 1.79. The number of hydrogen-bond acceptors (Lipinski definition) is 4. The Labute approximate surface area is 113 Å². The van der Waals surface area contributed by atoms with Crippen molar-refractivity contribution < 1.29 is 5.11 Å². The Kier molecular flexibility index (Phi) is 3.54. The van der Waals surface area contributed by atoms with E-state index in [1.807, 2.05) is 6.07 Å². The number of aromatic nitrogens is 3. The van der Waals surface area contributed by atoms with E-state index >= 15 is 0 Å². The summed E-state index contributed by atoms with van der Waals surface area (Å²) in [4.78, 5) is 0. The molecule has 5 nitrogen and oxygen atoms in total. The highest BCUT2D eigenvalue weighted by Crippen LogP contribution is 2.29. The molecule has 0 aliphatic rings. The number of nitrogens with zero attached hydrogens (tertiary/aromatic N) is 4. The molecule has 0 amide bonds. The van der Waals surface area contributed by atoms with E-state index in [4.69, 9.17) is 0 Å². The quantitative estimate of drug-likeness (QED) is 0.629. The highest BCUT2D eigenvalue weighted by atomic mass is 127. The number of rotatable bonds is 2. The van der Waals surface area contributed by atoms with Gasteiger partial charge in [-0.3, -0.25) is 0 Å². The molecule has 1 aromatic heterocycles. The van der Waals surface area contributed by atoms with Crippen LogP contribution in [0.1, 0.15) is 5.56 Å². The average Bonchev–Trinajstić information content (AvgIpc) is 2.75. The molecule has 0 unspecified atom stereocenters. The van der Waals surface area contributed by atoms with E-state index in [0.29, 0.717) is 4.47 Å². The first-order chi connectivity index (χ1) is 7.66. The molecule has 2 rings (SSSR count). The van der Waals surface area contributed by atoms with Crippen molar-refractivity contribution >= 4 is 44.7 Å². The second kappa shape index (κ2) is 4.91. The Morgan fingerprint density at radius 3 is 2.69 bits per heavy atom. The Balaban J connectivity index is 2.29. The van der Waals surface area contributed by atoms with Gasteiger partial charge in [0.1, 0.15) is 18.4 Å². The number of phenols is 1. The third-order valence-corrected chi connectivity index (χ3v) is 3.21. The lowest BCUT2D eigenvalue weighted by Gasteiger charge is -2.01. The first-order valence-electron chi connectivity index (χ1n) is 4.24. The predicted octanol–water partition coefficient (Wildman–Crippen LogP) is 2.23. The molecule has 0 bridgehead atoms. The van der Waals surface area contributed by atoms with E-state index in [0.717, 1.165) is 9.13 Å². The first-order valence-corrected chi connectivity index (χ1v) is 6.11. The number of benzene rings is 1. The third kappa shape index (κ3) is 2.59. The summed E-state index contributed by atoms with van der Waals surface area (Å²) in [5.74, 6) is 0.238. The van der Waals surface area contributed by atoms with Gasteiger partial charge in [0.15, 0.2) is 0 Å². The molecule has 1 heterocycles. The number of halogens is 2. The summed E-state index contributed by atoms with van der Waals surface area (Å²) in [6.45, 7) is 0. The molecule has 0 radical (unpaired) electrons. The molecule has 0 aliphatic carbocycles. The molecule has 0 fully saturated rings. The highest BCUT2D eigenvalue weighted by Gasteiger charge is 2.04. The van der Waals surface area contributed by atoms with Crippen LogP contribution in [0.15, 0.2) is 34.4 Å². The average molecular weight is 393 g/mol. The van der Waals surface area contributed by atoms with Gasteiger partial charge in [0.25, 0.3) is 0 Å². The summed E-state index contributed by atoms with van der Waals surface area (Å²) >= 11 is 5.32. The Hall–Kier alpha value is -0.960. The fourth-order valence-corrected chi connectivity index (χ4v) is 2.55. The molecule has 0 atom stereocenters. The van der Waals surface area contributed by atoms with Crippen LogP contribution < -0.4 is 0 Å². The molecule has 0 spiro atoms. The van der Waals surface area contributed by atoms with Gasteiger partial charge in [-0.2, -0.15) is 5.10 Å². The molecule has 1 aromatic carbocycles. The summed E-state index contributed by atoms with van der Waals surface area (Å²) in [7, 11) is 0. The van der Waals surface area contributed by atoms with Crippen LogP contribution in [-0.2, 0) is 0 Å². The van der Waals surface area contributed by atoms with Gasteiger partial charge >= 0.3 is 0 Å². The zero-order valence-electron chi connectivity index (χ0n) is 7.88. The standard InChI is InChI=1S/C9H6BrIN4O/c10-7-1-6(2-8(11)9(7)16)3-14-15-4-12-13-5-15/h1-5,16H/b14-3-. The Morgan fingerprint density at radius 1 is 1.38 bits per heavy atom. The molecular formula is C9H6BrIN4O. The van der Waals surface area contributed by atoms with Crippen molar-refractivity contribution in [2.45, 2.75) is 0 Å². The minimum atomic E-state index is 0.238. The van der Waals surface area contributed by atoms with Gasteiger partial charge in [-0.25, -0.2) is 4.68 Å². The van der Waals surface area contributed by atoms with Crippen molar-refractivity contribution in [1.82, 2.24) is 14.9 Å². The number of phenolic OH excluding ortho intramolecular Hbond substituents is 1. The minimum Gasteiger partial charge on any atom is -0.506 e. The lowest BCUT2D eigenvalue weighted by Crippen LogP contribution is -1.89. The fourth-order valence-electron chi connectivity index (χ4n) is 1.05. The van der Waals surface area contributed by atoms with Gasteiger partial charge in [0, 0.05) is 0 Å². The lowest BCUT2D eigenvalue weighted by molar-refractivity contribution is 0.468. The largest absolute Gasteiger partial charge is 0.506 e. The second-order valence-electron chi connectivity index (χ2n) is 2.92. The van der Waals surface area contributed by atoms with E-state index in [1.165, 1.54) is 17.3 Å². The Morgan fingerprint density at radius 2 is 2.06 bits per heavy atom. The van der Waals surface area contributed by atoms with Gasteiger partial charge < -0.3 is 5.11 Å². The molecule has 1 N–H and O–H groups in total. The molecule has 0 saturated carbocycles. The van der Waals surface area contributed by atoms with Crippen LogP contribution in [0.4, 0.5) is 0 Å². The van der Waals surface area contributed by atoms with Gasteiger partial charge in [-0.05, 0) is 56.2 Å². The second-order valence-corrected chi connectivity index (χ2v) is 4.94.